The fraction of sp³-hybridized carbons (Fsp3) is 0.483. The van der Waals surface area contributed by atoms with Crippen molar-refractivity contribution in [3.05, 3.63) is 65.5 Å². The highest BCUT2D eigenvalue weighted by molar-refractivity contribution is 5.99. The summed E-state index contributed by atoms with van der Waals surface area (Å²) in [6.45, 7) is 0.238. The zero-order valence-corrected chi connectivity index (χ0v) is 21.6. The van der Waals surface area contributed by atoms with E-state index in [9.17, 15) is 18.8 Å². The van der Waals surface area contributed by atoms with Gasteiger partial charge in [0.1, 0.15) is 17.6 Å². The van der Waals surface area contributed by atoms with Gasteiger partial charge in [-0.25, -0.2) is 4.39 Å². The smallest absolute Gasteiger partial charge is 0.254 e. The van der Waals surface area contributed by atoms with Crippen LogP contribution >= 0.6 is 0 Å². The third-order valence-electron chi connectivity index (χ3n) is 7.96. The summed E-state index contributed by atoms with van der Waals surface area (Å²) < 4.78 is 18.8. The number of likely N-dealkylation sites (tertiary alicyclic amines) is 1. The van der Waals surface area contributed by atoms with Gasteiger partial charge in [0.25, 0.3) is 11.8 Å². The SMILES string of the molecule is COc1ccc(C(=O)N(C2CC2)C2CC(C(=O)NC3CCC(N)CC3)N(C(=O)c3ccc(F)cc3)C2)cc1. The summed E-state index contributed by atoms with van der Waals surface area (Å²) in [5.41, 5.74) is 6.88. The summed E-state index contributed by atoms with van der Waals surface area (Å²) >= 11 is 0. The van der Waals surface area contributed by atoms with E-state index in [0.717, 1.165) is 38.5 Å². The van der Waals surface area contributed by atoms with E-state index in [4.69, 9.17) is 10.5 Å². The molecule has 3 amide bonds. The molecule has 1 heterocycles. The van der Waals surface area contributed by atoms with Gasteiger partial charge < -0.3 is 25.6 Å². The molecule has 2 aliphatic carbocycles. The number of amides is 3. The van der Waals surface area contributed by atoms with Crippen LogP contribution in [0.2, 0.25) is 0 Å². The van der Waals surface area contributed by atoms with Crippen LogP contribution in [0, 0.1) is 5.82 Å². The van der Waals surface area contributed by atoms with Crippen molar-refractivity contribution < 1.29 is 23.5 Å². The molecule has 38 heavy (non-hydrogen) atoms. The third kappa shape index (κ3) is 5.67. The molecule has 3 N–H and O–H groups in total. The summed E-state index contributed by atoms with van der Waals surface area (Å²) in [5, 5.41) is 3.14. The normalized spacial score (nSPS) is 25.1. The quantitative estimate of drug-likeness (QED) is 0.582. The van der Waals surface area contributed by atoms with Crippen molar-refractivity contribution in [3.63, 3.8) is 0 Å². The molecular formula is C29H35FN4O4. The van der Waals surface area contributed by atoms with Gasteiger partial charge in [-0.1, -0.05) is 0 Å². The van der Waals surface area contributed by atoms with Gasteiger partial charge >= 0.3 is 0 Å². The predicted octanol–water partition coefficient (Wildman–Crippen LogP) is 3.11. The number of hydrogen-bond donors (Lipinski definition) is 2. The Morgan fingerprint density at radius 3 is 2.16 bits per heavy atom. The minimum absolute atomic E-state index is 0.0181. The highest BCUT2D eigenvalue weighted by Crippen LogP contribution is 2.35. The molecular weight excluding hydrogens is 487 g/mol. The molecule has 2 aromatic rings. The Labute approximate surface area is 222 Å². The first-order valence-electron chi connectivity index (χ1n) is 13.4. The summed E-state index contributed by atoms with van der Waals surface area (Å²) in [6.07, 6.45) is 5.44. The highest BCUT2D eigenvalue weighted by atomic mass is 19.1. The molecule has 2 saturated carbocycles. The maximum absolute atomic E-state index is 13.6. The lowest BCUT2D eigenvalue weighted by Crippen LogP contribution is -2.50. The van der Waals surface area contributed by atoms with Crippen LogP contribution in [-0.4, -0.2) is 71.4 Å². The Morgan fingerprint density at radius 1 is 0.921 bits per heavy atom. The van der Waals surface area contributed by atoms with Gasteiger partial charge in [0, 0.05) is 35.8 Å². The minimum Gasteiger partial charge on any atom is -0.497 e. The average molecular weight is 523 g/mol. The zero-order valence-electron chi connectivity index (χ0n) is 21.6. The Hall–Kier alpha value is -3.46. The van der Waals surface area contributed by atoms with Crippen molar-refractivity contribution in [1.82, 2.24) is 15.1 Å². The van der Waals surface area contributed by atoms with Crippen molar-refractivity contribution in [1.29, 1.82) is 0 Å². The lowest BCUT2D eigenvalue weighted by Gasteiger charge is -2.30. The van der Waals surface area contributed by atoms with E-state index in [1.807, 2.05) is 4.90 Å². The van der Waals surface area contributed by atoms with Gasteiger partial charge in [-0.2, -0.15) is 0 Å². The number of nitrogens with two attached hydrogens (primary N) is 1. The van der Waals surface area contributed by atoms with Crippen LogP contribution in [0.25, 0.3) is 0 Å². The molecule has 0 aromatic heterocycles. The number of methoxy groups -OCH3 is 1. The van der Waals surface area contributed by atoms with Gasteiger partial charge in [0.15, 0.2) is 0 Å². The van der Waals surface area contributed by atoms with E-state index in [2.05, 4.69) is 5.32 Å². The molecule has 5 rings (SSSR count). The lowest BCUT2D eigenvalue weighted by atomic mass is 9.91. The number of hydrogen-bond acceptors (Lipinski definition) is 5. The molecule has 2 unspecified atom stereocenters. The van der Waals surface area contributed by atoms with Gasteiger partial charge in [0.05, 0.1) is 13.2 Å². The van der Waals surface area contributed by atoms with Crippen LogP contribution in [-0.2, 0) is 4.79 Å². The number of benzene rings is 2. The van der Waals surface area contributed by atoms with Crippen LogP contribution in [0.3, 0.4) is 0 Å². The molecule has 3 fully saturated rings. The van der Waals surface area contributed by atoms with E-state index in [0.29, 0.717) is 23.3 Å². The fourth-order valence-electron chi connectivity index (χ4n) is 5.67. The first kappa shape index (κ1) is 26.2. The van der Waals surface area contributed by atoms with Gasteiger partial charge in [-0.15, -0.1) is 0 Å². The molecule has 9 heteroatoms. The number of rotatable bonds is 7. The first-order valence-corrected chi connectivity index (χ1v) is 13.4. The van der Waals surface area contributed by atoms with Crippen LogP contribution in [0.5, 0.6) is 5.75 Å². The highest BCUT2D eigenvalue weighted by Gasteiger charge is 2.47. The van der Waals surface area contributed by atoms with Gasteiger partial charge in [-0.05, 0) is 93.5 Å². The zero-order chi connectivity index (χ0) is 26.8. The maximum Gasteiger partial charge on any atom is 0.254 e. The Bertz CT molecular complexity index is 1160. The number of carbonyl (C=O) groups is 3. The molecule has 3 aliphatic rings. The summed E-state index contributed by atoms with van der Waals surface area (Å²) in [7, 11) is 1.57. The van der Waals surface area contributed by atoms with Gasteiger partial charge in [-0.3, -0.25) is 14.4 Å². The second-order valence-corrected chi connectivity index (χ2v) is 10.7. The van der Waals surface area contributed by atoms with Crippen LogP contribution < -0.4 is 15.8 Å². The number of nitrogens with one attached hydrogen (secondary N) is 1. The van der Waals surface area contributed by atoms with Crippen molar-refractivity contribution in [2.75, 3.05) is 13.7 Å². The molecule has 0 radical (unpaired) electrons. The molecule has 0 bridgehead atoms. The molecule has 1 aliphatic heterocycles. The molecule has 2 aromatic carbocycles. The Morgan fingerprint density at radius 2 is 1.55 bits per heavy atom. The Kier molecular flexibility index (Phi) is 7.65. The summed E-state index contributed by atoms with van der Waals surface area (Å²) in [5.74, 6) is -0.439. The number of halogens is 1. The second-order valence-electron chi connectivity index (χ2n) is 10.7. The second kappa shape index (κ2) is 11.1. The van der Waals surface area contributed by atoms with Crippen LogP contribution in [0.1, 0.15) is 65.7 Å². The molecule has 202 valence electrons. The number of carbonyl (C=O) groups excluding carboxylic acids is 3. The van der Waals surface area contributed by atoms with E-state index in [1.54, 1.807) is 36.3 Å². The van der Waals surface area contributed by atoms with Crippen molar-refractivity contribution in [3.8, 4) is 5.75 Å². The molecule has 8 nitrogen and oxygen atoms in total. The standard InChI is InChI=1S/C29H35FN4O4/c1-38-25-14-4-19(5-15-25)29(37)34(23-12-13-23)24-16-26(27(35)32-22-10-8-21(31)9-11-22)33(17-24)28(36)18-2-6-20(30)7-3-18/h2-7,14-15,21-24,26H,8-13,16-17,31H2,1H3,(H,32,35). The topological polar surface area (TPSA) is 105 Å². The van der Waals surface area contributed by atoms with Crippen LogP contribution in [0.4, 0.5) is 4.39 Å². The van der Waals surface area contributed by atoms with Crippen molar-refractivity contribution in [2.45, 2.75) is 75.2 Å². The predicted molar refractivity (Wildman–Crippen MR) is 140 cm³/mol. The van der Waals surface area contributed by atoms with Crippen molar-refractivity contribution >= 4 is 17.7 Å². The molecule has 2 atom stereocenters. The van der Waals surface area contributed by atoms with E-state index < -0.39 is 11.9 Å². The van der Waals surface area contributed by atoms with E-state index >= 15 is 0 Å². The fourth-order valence-corrected chi connectivity index (χ4v) is 5.67. The number of nitrogens with zero attached hydrogens (tertiary/aromatic N) is 2. The minimum atomic E-state index is -0.724. The number of ether oxygens (including phenoxy) is 1. The Balaban J connectivity index is 1.38. The average Bonchev–Trinajstić information content (AvgIpc) is 3.67. The third-order valence-corrected chi connectivity index (χ3v) is 7.96. The van der Waals surface area contributed by atoms with Crippen molar-refractivity contribution in [2.24, 2.45) is 5.73 Å². The lowest BCUT2D eigenvalue weighted by molar-refractivity contribution is -0.125. The van der Waals surface area contributed by atoms with E-state index in [1.165, 1.54) is 24.3 Å². The van der Waals surface area contributed by atoms with Gasteiger partial charge in [0.2, 0.25) is 5.91 Å². The monoisotopic (exact) mass is 522 g/mol. The van der Waals surface area contributed by atoms with Crippen LogP contribution in [0.15, 0.2) is 48.5 Å². The molecule has 0 spiro atoms. The summed E-state index contributed by atoms with van der Waals surface area (Å²) in [6, 6.07) is 11.6. The summed E-state index contributed by atoms with van der Waals surface area (Å²) in [4.78, 5) is 44.2. The first-order chi connectivity index (χ1) is 18.3. The maximum atomic E-state index is 13.6. The largest absolute Gasteiger partial charge is 0.497 e. The van der Waals surface area contributed by atoms with E-state index in [-0.39, 0.29) is 48.4 Å². The molecule has 1 saturated heterocycles.